The largest absolute Gasteiger partial charge is 0.496 e. The summed E-state index contributed by atoms with van der Waals surface area (Å²) in [7, 11) is 3.19. The first-order valence-electron chi connectivity index (χ1n) is 5.72. The van der Waals surface area contributed by atoms with Crippen LogP contribution in [-0.4, -0.2) is 26.4 Å². The second kappa shape index (κ2) is 5.21. The number of carbonyl (C=O) groups is 2. The monoisotopic (exact) mass is 249 g/mol. The van der Waals surface area contributed by atoms with E-state index in [1.54, 1.807) is 20.2 Å². The third-order valence-corrected chi connectivity index (χ3v) is 2.81. The van der Waals surface area contributed by atoms with Crippen LogP contribution in [0.2, 0.25) is 0 Å². The summed E-state index contributed by atoms with van der Waals surface area (Å²) in [6.07, 6.45) is 0.307. The van der Waals surface area contributed by atoms with Gasteiger partial charge in [-0.15, -0.1) is 0 Å². The lowest BCUT2D eigenvalue weighted by Crippen LogP contribution is -2.27. The number of amides is 1. The Hall–Kier alpha value is -1.84. The molecule has 0 N–H and O–H groups in total. The molecule has 0 atom stereocenters. The first-order valence-corrected chi connectivity index (χ1v) is 5.72. The summed E-state index contributed by atoms with van der Waals surface area (Å²) in [4.78, 5) is 23.2. The molecule has 1 rings (SSSR count). The number of anilines is 1. The highest BCUT2D eigenvalue weighted by Crippen LogP contribution is 2.34. The number of aldehydes is 1. The number of rotatable bonds is 3. The van der Waals surface area contributed by atoms with Crippen LogP contribution in [0.1, 0.15) is 26.3 Å². The summed E-state index contributed by atoms with van der Waals surface area (Å²) >= 11 is 0. The number of hydrogen-bond acceptors (Lipinski definition) is 3. The number of hydrogen-bond donors (Lipinski definition) is 0. The Morgan fingerprint density at radius 2 is 1.94 bits per heavy atom. The summed E-state index contributed by atoms with van der Waals surface area (Å²) in [5.74, 6) is 0.207. The smallest absolute Gasteiger partial charge is 0.290 e. The Labute approximate surface area is 108 Å². The van der Waals surface area contributed by atoms with Gasteiger partial charge in [0.05, 0.1) is 7.11 Å². The molecule has 1 aromatic rings. The third-order valence-electron chi connectivity index (χ3n) is 2.81. The molecular weight excluding hydrogens is 230 g/mol. The topological polar surface area (TPSA) is 46.6 Å². The van der Waals surface area contributed by atoms with Gasteiger partial charge in [-0.25, -0.2) is 0 Å². The van der Waals surface area contributed by atoms with Gasteiger partial charge in [-0.3, -0.25) is 9.59 Å². The molecule has 0 fully saturated rings. The van der Waals surface area contributed by atoms with Crippen molar-refractivity contribution in [3.05, 3.63) is 23.8 Å². The normalized spacial score (nSPS) is 10.9. The zero-order valence-corrected chi connectivity index (χ0v) is 11.5. The van der Waals surface area contributed by atoms with E-state index in [-0.39, 0.29) is 5.41 Å². The van der Waals surface area contributed by atoms with Gasteiger partial charge in [0.2, 0.25) is 6.29 Å². The van der Waals surface area contributed by atoms with Crippen LogP contribution in [0.4, 0.5) is 5.69 Å². The average molecular weight is 249 g/mol. The van der Waals surface area contributed by atoms with Crippen molar-refractivity contribution < 1.29 is 14.3 Å². The predicted molar refractivity (Wildman–Crippen MR) is 71.2 cm³/mol. The van der Waals surface area contributed by atoms with Crippen molar-refractivity contribution in [2.75, 3.05) is 19.1 Å². The van der Waals surface area contributed by atoms with E-state index in [1.807, 2.05) is 12.1 Å². The highest BCUT2D eigenvalue weighted by Gasteiger charge is 2.21. The molecule has 98 valence electrons. The van der Waals surface area contributed by atoms with Gasteiger partial charge in [0, 0.05) is 18.3 Å². The zero-order valence-electron chi connectivity index (χ0n) is 11.5. The number of ether oxygens (including phenoxy) is 1. The minimum absolute atomic E-state index is 0.105. The summed E-state index contributed by atoms with van der Waals surface area (Å²) in [5, 5.41) is 0. The highest BCUT2D eigenvalue weighted by molar-refractivity contribution is 6.30. The van der Waals surface area contributed by atoms with Gasteiger partial charge < -0.3 is 9.64 Å². The number of methoxy groups -OCH3 is 1. The number of carbonyl (C=O) groups excluding carboxylic acids is 2. The maximum atomic E-state index is 11.4. The lowest BCUT2D eigenvalue weighted by molar-refractivity contribution is -0.129. The minimum atomic E-state index is -0.569. The molecule has 0 saturated carbocycles. The van der Waals surface area contributed by atoms with E-state index >= 15 is 0 Å². The van der Waals surface area contributed by atoms with Gasteiger partial charge in [-0.05, 0) is 23.6 Å². The van der Waals surface area contributed by atoms with Crippen molar-refractivity contribution in [1.29, 1.82) is 0 Å². The fraction of sp³-hybridized carbons (Fsp3) is 0.429. The summed E-state index contributed by atoms with van der Waals surface area (Å²) in [5.41, 5.74) is 1.57. The molecule has 4 heteroatoms. The molecule has 0 unspecified atom stereocenters. The van der Waals surface area contributed by atoms with Gasteiger partial charge in [-0.2, -0.15) is 0 Å². The summed E-state index contributed by atoms with van der Waals surface area (Å²) < 4.78 is 5.32. The van der Waals surface area contributed by atoms with Crippen molar-refractivity contribution in [3.63, 3.8) is 0 Å². The number of nitrogens with zero attached hydrogens (tertiary/aromatic N) is 1. The van der Waals surface area contributed by atoms with Gasteiger partial charge in [0.15, 0.2) is 0 Å². The number of likely N-dealkylation sites (N-methyl/N-ethyl adjacent to an activating group) is 1. The van der Waals surface area contributed by atoms with E-state index in [1.165, 1.54) is 4.90 Å². The van der Waals surface area contributed by atoms with Crippen molar-refractivity contribution in [2.24, 2.45) is 0 Å². The Kier molecular flexibility index (Phi) is 4.11. The molecule has 4 nitrogen and oxygen atoms in total. The van der Waals surface area contributed by atoms with Crippen LogP contribution >= 0.6 is 0 Å². The molecule has 0 aliphatic heterocycles. The Morgan fingerprint density at radius 3 is 2.39 bits per heavy atom. The van der Waals surface area contributed by atoms with Crippen LogP contribution in [0.5, 0.6) is 5.75 Å². The maximum absolute atomic E-state index is 11.4. The predicted octanol–water partition coefficient (Wildman–Crippen LogP) is 2.15. The van der Waals surface area contributed by atoms with E-state index in [0.29, 0.717) is 12.0 Å². The van der Waals surface area contributed by atoms with E-state index in [0.717, 1.165) is 11.3 Å². The van der Waals surface area contributed by atoms with Crippen LogP contribution in [0.25, 0.3) is 0 Å². The van der Waals surface area contributed by atoms with Gasteiger partial charge in [0.1, 0.15) is 5.75 Å². The minimum Gasteiger partial charge on any atom is -0.496 e. The van der Waals surface area contributed by atoms with Crippen molar-refractivity contribution >= 4 is 17.9 Å². The van der Waals surface area contributed by atoms with Gasteiger partial charge >= 0.3 is 0 Å². The number of benzene rings is 1. The fourth-order valence-corrected chi connectivity index (χ4v) is 1.70. The van der Waals surface area contributed by atoms with Crippen LogP contribution in [0.3, 0.4) is 0 Å². The molecule has 0 aromatic heterocycles. The van der Waals surface area contributed by atoms with E-state index in [9.17, 15) is 9.59 Å². The van der Waals surface area contributed by atoms with E-state index in [2.05, 4.69) is 20.8 Å². The molecule has 0 bridgehead atoms. The SMILES string of the molecule is COc1ccc(N(C)C(=O)C=O)cc1C(C)(C)C. The Morgan fingerprint density at radius 1 is 1.33 bits per heavy atom. The van der Waals surface area contributed by atoms with Gasteiger partial charge in [-0.1, -0.05) is 20.8 Å². The Bertz CT molecular complexity index is 461. The van der Waals surface area contributed by atoms with Gasteiger partial charge in [0.25, 0.3) is 5.91 Å². The molecule has 1 aromatic carbocycles. The molecule has 0 spiro atoms. The first kappa shape index (κ1) is 14.2. The molecule has 0 aliphatic carbocycles. The second-order valence-corrected chi connectivity index (χ2v) is 5.15. The third kappa shape index (κ3) is 2.88. The van der Waals surface area contributed by atoms with Crippen LogP contribution in [0, 0.1) is 0 Å². The van der Waals surface area contributed by atoms with Crippen molar-refractivity contribution in [1.82, 2.24) is 0 Å². The molecule has 1 amide bonds. The fourth-order valence-electron chi connectivity index (χ4n) is 1.70. The van der Waals surface area contributed by atoms with E-state index in [4.69, 9.17) is 4.74 Å². The highest BCUT2D eigenvalue weighted by atomic mass is 16.5. The molecule has 0 aliphatic rings. The molecule has 18 heavy (non-hydrogen) atoms. The molecular formula is C14H19NO3. The molecule has 0 heterocycles. The molecule has 0 saturated heterocycles. The Balaban J connectivity index is 3.27. The van der Waals surface area contributed by atoms with Crippen molar-refractivity contribution in [2.45, 2.75) is 26.2 Å². The second-order valence-electron chi connectivity index (χ2n) is 5.15. The zero-order chi connectivity index (χ0) is 13.9. The van der Waals surface area contributed by atoms with Crippen LogP contribution in [-0.2, 0) is 15.0 Å². The quantitative estimate of drug-likeness (QED) is 0.609. The first-order chi connectivity index (χ1) is 8.31. The van der Waals surface area contributed by atoms with E-state index < -0.39 is 5.91 Å². The molecule has 0 radical (unpaired) electrons. The maximum Gasteiger partial charge on any atom is 0.290 e. The lowest BCUT2D eigenvalue weighted by Gasteiger charge is -2.24. The summed E-state index contributed by atoms with van der Waals surface area (Å²) in [6, 6.07) is 5.44. The van der Waals surface area contributed by atoms with Crippen LogP contribution in [0.15, 0.2) is 18.2 Å². The van der Waals surface area contributed by atoms with Crippen molar-refractivity contribution in [3.8, 4) is 5.75 Å². The summed E-state index contributed by atoms with van der Waals surface area (Å²) in [6.45, 7) is 6.20. The lowest BCUT2D eigenvalue weighted by atomic mass is 9.86. The standard InChI is InChI=1S/C14H19NO3/c1-14(2,3)11-8-10(6-7-12(11)18-5)15(4)13(17)9-16/h6-9H,1-5H3. The average Bonchev–Trinajstić information content (AvgIpc) is 2.35. The van der Waals surface area contributed by atoms with Crippen LogP contribution < -0.4 is 9.64 Å².